The zero-order chi connectivity index (χ0) is 18.4. The molecule has 2 aromatic carbocycles. The molecule has 2 amide bonds. The Kier molecular flexibility index (Phi) is 5.28. The van der Waals surface area contributed by atoms with E-state index in [9.17, 15) is 14.4 Å². The van der Waals surface area contributed by atoms with Gasteiger partial charge in [0.2, 0.25) is 0 Å². The number of hydrogen-bond donors (Lipinski definition) is 1. The highest BCUT2D eigenvalue weighted by molar-refractivity contribution is 6.03. The minimum atomic E-state index is -0.759. The van der Waals surface area contributed by atoms with Crippen LogP contribution in [-0.2, 0) is 14.3 Å². The van der Waals surface area contributed by atoms with Crippen LogP contribution in [0.3, 0.4) is 0 Å². The first-order chi connectivity index (χ1) is 12.6. The summed E-state index contributed by atoms with van der Waals surface area (Å²) >= 11 is 0. The van der Waals surface area contributed by atoms with Crippen LogP contribution in [0.4, 0.5) is 0 Å². The Morgan fingerprint density at radius 1 is 0.923 bits per heavy atom. The van der Waals surface area contributed by atoms with Gasteiger partial charge in [-0.2, -0.15) is 0 Å². The predicted molar refractivity (Wildman–Crippen MR) is 91.6 cm³/mol. The van der Waals surface area contributed by atoms with E-state index in [1.807, 2.05) is 41.7 Å². The fraction of sp³-hybridized carbons (Fsp3) is 0.105. The first kappa shape index (κ1) is 17.2. The lowest BCUT2D eigenvalue weighted by atomic mass is 10.1. The number of benzene rings is 2. The van der Waals surface area contributed by atoms with Crippen molar-refractivity contribution in [2.24, 2.45) is 0 Å². The number of amides is 2. The highest BCUT2D eigenvalue weighted by atomic mass is 16.6. The molecule has 0 unspecified atom stereocenters. The van der Waals surface area contributed by atoms with E-state index < -0.39 is 24.4 Å². The Hall–Kier alpha value is -3.61. The Morgan fingerprint density at radius 2 is 1.73 bits per heavy atom. The molecule has 0 fully saturated rings. The Balaban J connectivity index is 1.47. The molecule has 1 heterocycles. The van der Waals surface area contributed by atoms with E-state index in [-0.39, 0.29) is 12.4 Å². The second kappa shape index (κ2) is 7.98. The number of hydrogen-bond acceptors (Lipinski definition) is 6. The highest BCUT2D eigenvalue weighted by Gasteiger charge is 2.15. The van der Waals surface area contributed by atoms with Gasteiger partial charge in [-0.1, -0.05) is 36.4 Å². The number of imide groups is 1. The van der Waals surface area contributed by atoms with E-state index in [4.69, 9.17) is 13.9 Å². The predicted octanol–water partition coefficient (Wildman–Crippen LogP) is 2.31. The number of furan rings is 1. The highest BCUT2D eigenvalue weighted by Crippen LogP contribution is 2.24. The van der Waals surface area contributed by atoms with E-state index in [1.165, 1.54) is 18.4 Å². The zero-order valence-corrected chi connectivity index (χ0v) is 13.6. The van der Waals surface area contributed by atoms with Gasteiger partial charge >= 0.3 is 5.97 Å². The third kappa shape index (κ3) is 4.27. The van der Waals surface area contributed by atoms with Gasteiger partial charge in [-0.25, -0.2) is 4.79 Å². The van der Waals surface area contributed by atoms with Crippen LogP contribution in [0.1, 0.15) is 10.6 Å². The minimum Gasteiger partial charge on any atom is -0.481 e. The third-order valence-electron chi connectivity index (χ3n) is 3.46. The van der Waals surface area contributed by atoms with E-state index >= 15 is 0 Å². The van der Waals surface area contributed by atoms with Crippen LogP contribution < -0.4 is 10.1 Å². The first-order valence-electron chi connectivity index (χ1n) is 7.77. The van der Waals surface area contributed by atoms with E-state index in [1.54, 1.807) is 6.07 Å². The zero-order valence-electron chi connectivity index (χ0n) is 13.6. The molecule has 7 nitrogen and oxygen atoms in total. The Morgan fingerprint density at radius 3 is 2.54 bits per heavy atom. The van der Waals surface area contributed by atoms with Gasteiger partial charge in [0.15, 0.2) is 19.0 Å². The van der Waals surface area contributed by atoms with Gasteiger partial charge < -0.3 is 13.9 Å². The number of ether oxygens (including phenoxy) is 2. The molecule has 132 valence electrons. The molecule has 0 aliphatic heterocycles. The number of carbonyl (C=O) groups excluding carboxylic acids is 3. The molecular formula is C19H15NO6. The Labute approximate surface area is 148 Å². The van der Waals surface area contributed by atoms with E-state index in [0.717, 1.165) is 10.8 Å². The molecule has 26 heavy (non-hydrogen) atoms. The molecule has 1 N–H and O–H groups in total. The molecule has 0 bridgehead atoms. The van der Waals surface area contributed by atoms with Gasteiger partial charge in [-0.05, 0) is 23.6 Å². The lowest BCUT2D eigenvalue weighted by Gasteiger charge is -2.09. The van der Waals surface area contributed by atoms with Crippen LogP contribution in [0.2, 0.25) is 0 Å². The van der Waals surface area contributed by atoms with Crippen LogP contribution in [0.5, 0.6) is 5.75 Å². The molecule has 0 aliphatic rings. The molecule has 3 aromatic rings. The molecule has 0 atom stereocenters. The summed E-state index contributed by atoms with van der Waals surface area (Å²) in [5.74, 6) is -1.66. The van der Waals surface area contributed by atoms with Crippen molar-refractivity contribution in [1.82, 2.24) is 5.32 Å². The number of fused-ring (bicyclic) bond motifs is 1. The number of nitrogens with one attached hydrogen (secondary N) is 1. The van der Waals surface area contributed by atoms with Gasteiger partial charge in [-0.15, -0.1) is 0 Å². The summed E-state index contributed by atoms with van der Waals surface area (Å²) in [6.45, 7) is -0.947. The average molecular weight is 353 g/mol. The van der Waals surface area contributed by atoms with Gasteiger partial charge in [0.1, 0.15) is 5.75 Å². The number of esters is 1. The second-order valence-electron chi connectivity index (χ2n) is 5.28. The van der Waals surface area contributed by atoms with Crippen LogP contribution in [0.25, 0.3) is 10.8 Å². The van der Waals surface area contributed by atoms with Gasteiger partial charge in [0, 0.05) is 5.39 Å². The molecule has 0 radical (unpaired) electrons. The van der Waals surface area contributed by atoms with Gasteiger partial charge in [-0.3, -0.25) is 14.9 Å². The molecule has 3 rings (SSSR count). The van der Waals surface area contributed by atoms with Crippen molar-refractivity contribution < 1.29 is 28.3 Å². The van der Waals surface area contributed by atoms with Crippen LogP contribution in [0.15, 0.2) is 65.3 Å². The average Bonchev–Trinajstić information content (AvgIpc) is 3.19. The molecule has 7 heteroatoms. The summed E-state index contributed by atoms with van der Waals surface area (Å²) in [5.41, 5.74) is 0. The minimum absolute atomic E-state index is 0.0102. The SMILES string of the molecule is O=C(COC(=O)COc1cccc2ccccc12)NC(=O)c1ccco1. The first-order valence-corrected chi connectivity index (χ1v) is 7.77. The normalized spacial score (nSPS) is 10.3. The van der Waals surface area contributed by atoms with Crippen molar-refractivity contribution in [2.75, 3.05) is 13.2 Å². The topological polar surface area (TPSA) is 94.8 Å². The maximum absolute atomic E-state index is 11.7. The van der Waals surface area contributed by atoms with Crippen molar-refractivity contribution >= 4 is 28.6 Å². The van der Waals surface area contributed by atoms with Crippen LogP contribution >= 0.6 is 0 Å². The molecule has 0 spiro atoms. The maximum Gasteiger partial charge on any atom is 0.344 e. The number of carbonyl (C=O) groups is 3. The summed E-state index contributed by atoms with van der Waals surface area (Å²) in [4.78, 5) is 35.0. The smallest absolute Gasteiger partial charge is 0.344 e. The van der Waals surface area contributed by atoms with E-state index in [2.05, 4.69) is 0 Å². The second-order valence-corrected chi connectivity index (χ2v) is 5.28. The van der Waals surface area contributed by atoms with Crippen molar-refractivity contribution in [2.45, 2.75) is 0 Å². The fourth-order valence-electron chi connectivity index (χ4n) is 2.28. The summed E-state index contributed by atoms with van der Waals surface area (Å²) in [5, 5.41) is 3.89. The fourth-order valence-corrected chi connectivity index (χ4v) is 2.28. The third-order valence-corrected chi connectivity index (χ3v) is 3.46. The van der Waals surface area contributed by atoms with Crippen molar-refractivity contribution in [3.63, 3.8) is 0 Å². The van der Waals surface area contributed by atoms with Crippen molar-refractivity contribution in [1.29, 1.82) is 0 Å². The quantitative estimate of drug-likeness (QED) is 0.684. The molecule has 0 saturated carbocycles. The lowest BCUT2D eigenvalue weighted by molar-refractivity contribution is -0.150. The molecule has 0 aliphatic carbocycles. The van der Waals surface area contributed by atoms with Crippen LogP contribution in [0, 0.1) is 0 Å². The summed E-state index contributed by atoms with van der Waals surface area (Å²) in [6.07, 6.45) is 1.31. The Bertz CT molecular complexity index is 927. The summed E-state index contributed by atoms with van der Waals surface area (Å²) in [7, 11) is 0. The maximum atomic E-state index is 11.7. The summed E-state index contributed by atoms with van der Waals surface area (Å²) in [6, 6.07) is 16.0. The number of rotatable bonds is 6. The summed E-state index contributed by atoms with van der Waals surface area (Å²) < 4.78 is 15.1. The molecule has 0 saturated heterocycles. The van der Waals surface area contributed by atoms with Crippen molar-refractivity contribution in [3.8, 4) is 5.75 Å². The largest absolute Gasteiger partial charge is 0.481 e. The van der Waals surface area contributed by atoms with E-state index in [0.29, 0.717) is 5.75 Å². The molecular weight excluding hydrogens is 338 g/mol. The lowest BCUT2D eigenvalue weighted by Crippen LogP contribution is -2.34. The van der Waals surface area contributed by atoms with Gasteiger partial charge in [0.25, 0.3) is 11.8 Å². The standard InChI is InChI=1S/C19H15NO6/c21-17(20-19(23)16-9-4-10-24-16)11-26-18(22)12-25-15-8-3-6-13-5-1-2-7-14(13)15/h1-10H,11-12H2,(H,20,21,23). The monoisotopic (exact) mass is 353 g/mol. The van der Waals surface area contributed by atoms with Crippen LogP contribution in [-0.4, -0.2) is 31.0 Å². The van der Waals surface area contributed by atoms with Crippen molar-refractivity contribution in [3.05, 3.63) is 66.6 Å². The van der Waals surface area contributed by atoms with Gasteiger partial charge in [0.05, 0.1) is 6.26 Å². The molecule has 1 aromatic heterocycles.